The maximum atomic E-state index is 13.6. The van der Waals surface area contributed by atoms with Crippen LogP contribution in [-0.4, -0.2) is 27.9 Å². The number of nitro benzene ring substituents is 1. The van der Waals surface area contributed by atoms with Gasteiger partial charge < -0.3 is 10.4 Å². The number of hydrogen-bond donors (Lipinski definition) is 2. The Hall–Kier alpha value is -4.78. The molecule has 0 heterocycles. The van der Waals surface area contributed by atoms with Crippen LogP contribution in [0.5, 0.6) is 0 Å². The molecule has 0 saturated carbocycles. The number of non-ortho nitro benzene ring substituents is 1. The molecule has 4 rings (SSSR count). The predicted molar refractivity (Wildman–Crippen MR) is 140 cm³/mol. The minimum absolute atomic E-state index is 0.00587. The zero-order chi connectivity index (χ0) is 26.3. The van der Waals surface area contributed by atoms with Gasteiger partial charge in [0, 0.05) is 25.0 Å². The van der Waals surface area contributed by atoms with E-state index in [2.05, 4.69) is 5.32 Å². The summed E-state index contributed by atoms with van der Waals surface area (Å²) in [6.45, 7) is 0. The fraction of sp³-hybridized carbons (Fsp3) is 0.133. The van der Waals surface area contributed by atoms with Gasteiger partial charge in [0.25, 0.3) is 5.69 Å². The Kier molecular flexibility index (Phi) is 7.74. The van der Waals surface area contributed by atoms with Gasteiger partial charge in [0.05, 0.1) is 10.3 Å². The molecule has 0 bridgehead atoms. The highest BCUT2D eigenvalue weighted by Crippen LogP contribution is 2.42. The number of amides is 1. The van der Waals surface area contributed by atoms with Crippen molar-refractivity contribution in [2.45, 2.75) is 24.3 Å². The molecule has 186 valence electrons. The van der Waals surface area contributed by atoms with E-state index in [9.17, 15) is 24.8 Å². The van der Waals surface area contributed by atoms with Crippen LogP contribution in [0.15, 0.2) is 115 Å². The number of nitrogens with zero attached hydrogens (tertiary/aromatic N) is 1. The van der Waals surface area contributed by atoms with Crippen LogP contribution in [0.3, 0.4) is 0 Å². The van der Waals surface area contributed by atoms with Gasteiger partial charge in [-0.1, -0.05) is 103 Å². The average Bonchev–Trinajstić information content (AvgIpc) is 2.93. The first-order valence-electron chi connectivity index (χ1n) is 11.8. The van der Waals surface area contributed by atoms with Gasteiger partial charge >= 0.3 is 5.97 Å². The third kappa shape index (κ3) is 5.73. The Morgan fingerprint density at radius 1 is 0.757 bits per heavy atom. The lowest BCUT2D eigenvalue weighted by atomic mass is 9.67. The van der Waals surface area contributed by atoms with Crippen molar-refractivity contribution in [2.75, 3.05) is 0 Å². The van der Waals surface area contributed by atoms with Gasteiger partial charge in [-0.25, -0.2) is 4.79 Å². The molecule has 4 aromatic rings. The monoisotopic (exact) mass is 494 g/mol. The number of nitro groups is 1. The van der Waals surface area contributed by atoms with Gasteiger partial charge in [-0.2, -0.15) is 0 Å². The molecule has 7 heteroatoms. The molecule has 0 unspecified atom stereocenters. The maximum absolute atomic E-state index is 13.6. The summed E-state index contributed by atoms with van der Waals surface area (Å²) in [5.74, 6) is -1.61. The van der Waals surface area contributed by atoms with Crippen molar-refractivity contribution in [1.29, 1.82) is 0 Å². The minimum atomic E-state index is -1.20. The van der Waals surface area contributed by atoms with Crippen LogP contribution in [0, 0.1) is 10.1 Å². The van der Waals surface area contributed by atoms with E-state index in [4.69, 9.17) is 0 Å². The van der Waals surface area contributed by atoms with E-state index in [1.165, 1.54) is 24.3 Å². The fourth-order valence-corrected chi connectivity index (χ4v) is 4.65. The van der Waals surface area contributed by atoms with E-state index < -0.39 is 28.3 Å². The normalized spacial score (nSPS) is 11.9. The number of hydrogen-bond acceptors (Lipinski definition) is 4. The van der Waals surface area contributed by atoms with Crippen LogP contribution in [-0.2, 0) is 21.4 Å². The van der Waals surface area contributed by atoms with Crippen LogP contribution in [0.1, 0.15) is 28.7 Å². The Balaban J connectivity index is 1.68. The second-order valence-electron chi connectivity index (χ2n) is 8.77. The van der Waals surface area contributed by atoms with E-state index >= 15 is 0 Å². The second kappa shape index (κ2) is 11.3. The predicted octanol–water partition coefficient (Wildman–Crippen LogP) is 5.13. The molecule has 7 nitrogen and oxygen atoms in total. The van der Waals surface area contributed by atoms with Crippen molar-refractivity contribution >= 4 is 17.6 Å². The van der Waals surface area contributed by atoms with Crippen LogP contribution < -0.4 is 5.32 Å². The molecule has 0 aliphatic carbocycles. The minimum Gasteiger partial charge on any atom is -0.480 e. The summed E-state index contributed by atoms with van der Waals surface area (Å²) < 4.78 is 0. The molecule has 4 aromatic carbocycles. The Bertz CT molecular complexity index is 1260. The van der Waals surface area contributed by atoms with E-state index in [-0.39, 0.29) is 18.5 Å². The molecule has 0 aliphatic rings. The molecular formula is C30H26N2O5. The van der Waals surface area contributed by atoms with Crippen LogP contribution >= 0.6 is 0 Å². The lowest BCUT2D eigenvalue weighted by Crippen LogP contribution is -2.45. The number of carbonyl (C=O) groups is 2. The maximum Gasteiger partial charge on any atom is 0.326 e. The van der Waals surface area contributed by atoms with Gasteiger partial charge in [0.15, 0.2) is 0 Å². The topological polar surface area (TPSA) is 110 Å². The molecule has 0 fully saturated rings. The number of carboxylic acid groups (broad SMARTS) is 1. The first-order chi connectivity index (χ1) is 17.9. The largest absolute Gasteiger partial charge is 0.480 e. The third-order valence-electron chi connectivity index (χ3n) is 6.45. The summed E-state index contributed by atoms with van der Waals surface area (Å²) in [5.41, 5.74) is 2.35. The highest BCUT2D eigenvalue weighted by Gasteiger charge is 2.39. The summed E-state index contributed by atoms with van der Waals surface area (Å²) >= 11 is 0. The lowest BCUT2D eigenvalue weighted by molar-refractivity contribution is -0.384. The Labute approximate surface area is 214 Å². The summed E-state index contributed by atoms with van der Waals surface area (Å²) in [5, 5.41) is 23.5. The summed E-state index contributed by atoms with van der Waals surface area (Å²) in [4.78, 5) is 36.0. The van der Waals surface area contributed by atoms with Crippen molar-refractivity contribution in [2.24, 2.45) is 0 Å². The van der Waals surface area contributed by atoms with E-state index in [0.717, 1.165) is 16.7 Å². The van der Waals surface area contributed by atoms with Gasteiger partial charge in [-0.3, -0.25) is 14.9 Å². The molecule has 37 heavy (non-hydrogen) atoms. The van der Waals surface area contributed by atoms with Crippen LogP contribution in [0.25, 0.3) is 0 Å². The number of aliphatic carboxylic acids is 1. The summed E-state index contributed by atoms with van der Waals surface area (Å²) in [7, 11) is 0. The molecule has 0 saturated heterocycles. The average molecular weight is 495 g/mol. The van der Waals surface area contributed by atoms with Gasteiger partial charge in [-0.05, 0) is 22.3 Å². The van der Waals surface area contributed by atoms with Crippen molar-refractivity contribution < 1.29 is 19.6 Å². The third-order valence-corrected chi connectivity index (χ3v) is 6.45. The summed E-state index contributed by atoms with van der Waals surface area (Å²) in [6.07, 6.45) is -0.0246. The first kappa shape index (κ1) is 25.3. The van der Waals surface area contributed by atoms with Crippen molar-refractivity contribution in [3.8, 4) is 0 Å². The molecule has 0 radical (unpaired) electrons. The number of carbonyl (C=O) groups excluding carboxylic acids is 1. The van der Waals surface area contributed by atoms with Gasteiger partial charge in [-0.15, -0.1) is 0 Å². The van der Waals surface area contributed by atoms with Crippen LogP contribution in [0.4, 0.5) is 5.69 Å². The molecular weight excluding hydrogens is 468 g/mol. The molecule has 0 aromatic heterocycles. The number of nitrogens with one attached hydrogen (secondary N) is 1. The number of benzene rings is 4. The highest BCUT2D eigenvalue weighted by molar-refractivity contribution is 5.85. The quantitative estimate of drug-likeness (QED) is 0.180. The van der Waals surface area contributed by atoms with Crippen molar-refractivity contribution in [3.05, 3.63) is 148 Å². The zero-order valence-electron chi connectivity index (χ0n) is 20.0. The molecule has 0 spiro atoms. The second-order valence-corrected chi connectivity index (χ2v) is 8.77. The molecule has 2 N–H and O–H groups in total. The Morgan fingerprint density at radius 3 is 1.57 bits per heavy atom. The summed E-state index contributed by atoms with van der Waals surface area (Å²) in [6, 6.07) is 33.5. The number of rotatable bonds is 10. The standard InChI is InChI=1S/C30H26N2O5/c33-28(31-27(29(34)35)20-22-16-18-26(19-17-22)32(36)37)21-30(23-10-4-1-5-11-23,24-12-6-2-7-13-24)25-14-8-3-9-15-25/h1-19,27H,20-21H2,(H,31,33)(H,34,35)/t27-/m1/s1. The van der Waals surface area contributed by atoms with Crippen LogP contribution in [0.2, 0.25) is 0 Å². The molecule has 1 atom stereocenters. The van der Waals surface area contributed by atoms with E-state index in [1.54, 1.807) is 0 Å². The van der Waals surface area contributed by atoms with Crippen molar-refractivity contribution in [3.63, 3.8) is 0 Å². The fourth-order valence-electron chi connectivity index (χ4n) is 4.65. The first-order valence-corrected chi connectivity index (χ1v) is 11.8. The number of carboxylic acids is 1. The zero-order valence-corrected chi connectivity index (χ0v) is 20.0. The SMILES string of the molecule is O=C(CC(c1ccccc1)(c1ccccc1)c1ccccc1)N[C@H](Cc1ccc([N+](=O)[O-])cc1)C(=O)O. The Morgan fingerprint density at radius 2 is 1.19 bits per heavy atom. The van der Waals surface area contributed by atoms with E-state index in [0.29, 0.717) is 5.56 Å². The van der Waals surface area contributed by atoms with Gasteiger partial charge in [0.2, 0.25) is 5.91 Å². The lowest BCUT2D eigenvalue weighted by Gasteiger charge is -2.36. The molecule has 1 amide bonds. The smallest absolute Gasteiger partial charge is 0.326 e. The van der Waals surface area contributed by atoms with Crippen molar-refractivity contribution in [1.82, 2.24) is 5.32 Å². The van der Waals surface area contributed by atoms with E-state index in [1.807, 2.05) is 91.0 Å². The highest BCUT2D eigenvalue weighted by atomic mass is 16.6. The van der Waals surface area contributed by atoms with Gasteiger partial charge in [0.1, 0.15) is 6.04 Å². The molecule has 0 aliphatic heterocycles.